The first-order valence-corrected chi connectivity index (χ1v) is 3.85. The average molecular weight is 157 g/mol. The summed E-state index contributed by atoms with van der Waals surface area (Å²) >= 11 is 0. The van der Waals surface area contributed by atoms with E-state index in [-0.39, 0.29) is 17.6 Å². The molecule has 0 rings (SSSR count). The maximum atomic E-state index is 11.0. The van der Waals surface area contributed by atoms with Crippen LogP contribution < -0.4 is 5.73 Å². The lowest BCUT2D eigenvalue weighted by atomic mass is 10.1. The summed E-state index contributed by atoms with van der Waals surface area (Å²) in [7, 11) is 0. The van der Waals surface area contributed by atoms with Gasteiger partial charge in [0.15, 0.2) is 0 Å². The van der Waals surface area contributed by atoms with E-state index in [1.165, 1.54) is 6.92 Å². The number of carbonyl (C=O) groups excluding carboxylic acids is 2. The third-order valence-electron chi connectivity index (χ3n) is 1.58. The molecule has 64 valence electrons. The van der Waals surface area contributed by atoms with Crippen LogP contribution in [0.1, 0.15) is 33.1 Å². The number of ketones is 2. The molecule has 0 saturated heterocycles. The molecule has 0 bridgehead atoms. The number of hydrogen-bond donors (Lipinski definition) is 1. The first-order chi connectivity index (χ1) is 5.07. The number of hydrogen-bond acceptors (Lipinski definition) is 3. The fourth-order valence-corrected chi connectivity index (χ4v) is 0.712. The lowest BCUT2D eigenvalue weighted by Gasteiger charge is -2.05. The van der Waals surface area contributed by atoms with Gasteiger partial charge in [-0.2, -0.15) is 0 Å². The van der Waals surface area contributed by atoms with Gasteiger partial charge in [-0.1, -0.05) is 6.92 Å². The molecule has 0 aromatic carbocycles. The monoisotopic (exact) mass is 157 g/mol. The van der Waals surface area contributed by atoms with Crippen LogP contribution in [0.25, 0.3) is 0 Å². The van der Waals surface area contributed by atoms with Crippen molar-refractivity contribution < 1.29 is 9.59 Å². The molecule has 0 fully saturated rings. The van der Waals surface area contributed by atoms with Crippen LogP contribution in [0.5, 0.6) is 0 Å². The van der Waals surface area contributed by atoms with Crippen molar-refractivity contribution in [3.05, 3.63) is 0 Å². The molecule has 0 amide bonds. The molecule has 3 heteroatoms. The number of carbonyl (C=O) groups is 2. The molecule has 0 aromatic rings. The number of rotatable bonds is 5. The highest BCUT2D eigenvalue weighted by molar-refractivity contribution is 5.87. The van der Waals surface area contributed by atoms with Gasteiger partial charge in [-0.05, 0) is 13.3 Å². The average Bonchev–Trinajstić information content (AvgIpc) is 1.98. The quantitative estimate of drug-likeness (QED) is 0.637. The molecular weight excluding hydrogens is 142 g/mol. The van der Waals surface area contributed by atoms with E-state index in [0.29, 0.717) is 19.3 Å². The highest BCUT2D eigenvalue weighted by Gasteiger charge is 2.10. The van der Waals surface area contributed by atoms with Gasteiger partial charge in [0.2, 0.25) is 0 Å². The van der Waals surface area contributed by atoms with Crippen LogP contribution in [-0.2, 0) is 9.59 Å². The van der Waals surface area contributed by atoms with Crippen molar-refractivity contribution >= 4 is 11.6 Å². The van der Waals surface area contributed by atoms with Crippen LogP contribution in [0.4, 0.5) is 0 Å². The van der Waals surface area contributed by atoms with E-state index in [0.717, 1.165) is 0 Å². The molecule has 0 aliphatic heterocycles. The maximum absolute atomic E-state index is 11.0. The second-order valence-corrected chi connectivity index (χ2v) is 2.68. The van der Waals surface area contributed by atoms with Gasteiger partial charge in [-0.15, -0.1) is 0 Å². The van der Waals surface area contributed by atoms with Crippen LogP contribution in [0.2, 0.25) is 0 Å². The van der Waals surface area contributed by atoms with Crippen molar-refractivity contribution in [2.24, 2.45) is 5.73 Å². The van der Waals surface area contributed by atoms with Gasteiger partial charge in [0, 0.05) is 12.8 Å². The predicted molar refractivity (Wildman–Crippen MR) is 43.2 cm³/mol. The van der Waals surface area contributed by atoms with E-state index in [1.54, 1.807) is 0 Å². The third kappa shape index (κ3) is 4.67. The second-order valence-electron chi connectivity index (χ2n) is 2.68. The minimum Gasteiger partial charge on any atom is -0.322 e. The molecular formula is C8H15NO2. The van der Waals surface area contributed by atoms with Crippen LogP contribution in [0, 0.1) is 0 Å². The smallest absolute Gasteiger partial charge is 0.149 e. The Morgan fingerprint density at radius 3 is 2.27 bits per heavy atom. The molecule has 1 unspecified atom stereocenters. The first kappa shape index (κ1) is 10.3. The van der Waals surface area contributed by atoms with Gasteiger partial charge < -0.3 is 10.5 Å². The van der Waals surface area contributed by atoms with Crippen LogP contribution >= 0.6 is 0 Å². The van der Waals surface area contributed by atoms with Crippen molar-refractivity contribution in [1.82, 2.24) is 0 Å². The normalized spacial score (nSPS) is 12.6. The van der Waals surface area contributed by atoms with E-state index in [2.05, 4.69) is 0 Å². The van der Waals surface area contributed by atoms with Crippen molar-refractivity contribution in [2.75, 3.05) is 0 Å². The standard InChI is InChI=1S/C8H15NO2/c1-3-7(9)8(11)5-4-6(2)10/h7H,3-5,9H2,1-2H3. The zero-order valence-corrected chi connectivity index (χ0v) is 7.09. The summed E-state index contributed by atoms with van der Waals surface area (Å²) in [6.45, 7) is 3.33. The zero-order valence-electron chi connectivity index (χ0n) is 7.09. The zero-order chi connectivity index (χ0) is 8.85. The molecule has 0 radical (unpaired) electrons. The summed E-state index contributed by atoms with van der Waals surface area (Å²) < 4.78 is 0. The Bertz CT molecular complexity index is 154. The largest absolute Gasteiger partial charge is 0.322 e. The van der Waals surface area contributed by atoms with E-state index in [1.807, 2.05) is 6.92 Å². The first-order valence-electron chi connectivity index (χ1n) is 3.85. The van der Waals surface area contributed by atoms with Crippen molar-refractivity contribution in [2.45, 2.75) is 39.2 Å². The van der Waals surface area contributed by atoms with E-state index >= 15 is 0 Å². The summed E-state index contributed by atoms with van der Waals surface area (Å²) in [4.78, 5) is 21.5. The van der Waals surface area contributed by atoms with Gasteiger partial charge >= 0.3 is 0 Å². The van der Waals surface area contributed by atoms with Crippen LogP contribution in [0.3, 0.4) is 0 Å². The van der Waals surface area contributed by atoms with Crippen LogP contribution in [-0.4, -0.2) is 17.6 Å². The molecule has 0 saturated carbocycles. The lowest BCUT2D eigenvalue weighted by Crippen LogP contribution is -2.29. The number of nitrogens with two attached hydrogens (primary N) is 1. The summed E-state index contributed by atoms with van der Waals surface area (Å²) in [5.41, 5.74) is 5.44. The summed E-state index contributed by atoms with van der Waals surface area (Å²) in [6.07, 6.45) is 1.27. The van der Waals surface area contributed by atoms with E-state index in [4.69, 9.17) is 5.73 Å². The lowest BCUT2D eigenvalue weighted by molar-refractivity contribution is -0.124. The van der Waals surface area contributed by atoms with Gasteiger partial charge in [0.25, 0.3) is 0 Å². The van der Waals surface area contributed by atoms with Gasteiger partial charge in [0.1, 0.15) is 11.6 Å². The highest BCUT2D eigenvalue weighted by Crippen LogP contribution is 1.97. The Balaban J connectivity index is 3.60. The Hall–Kier alpha value is -0.700. The molecule has 11 heavy (non-hydrogen) atoms. The summed E-state index contributed by atoms with van der Waals surface area (Å²) in [5.74, 6) is 0.0318. The molecule has 0 aromatic heterocycles. The fraction of sp³-hybridized carbons (Fsp3) is 0.750. The SMILES string of the molecule is CCC(N)C(=O)CCC(C)=O. The highest BCUT2D eigenvalue weighted by atomic mass is 16.1. The topological polar surface area (TPSA) is 60.2 Å². The van der Waals surface area contributed by atoms with Crippen molar-refractivity contribution in [3.63, 3.8) is 0 Å². The second kappa shape index (κ2) is 5.02. The molecule has 0 heterocycles. The number of Topliss-reactive ketones (excluding diaryl/α,β-unsaturated/α-hetero) is 2. The molecule has 1 atom stereocenters. The van der Waals surface area contributed by atoms with Gasteiger partial charge in [-0.25, -0.2) is 0 Å². The summed E-state index contributed by atoms with van der Waals surface area (Å²) in [6, 6.07) is -0.380. The Kier molecular flexibility index (Phi) is 4.70. The molecule has 0 aliphatic carbocycles. The molecule has 2 N–H and O–H groups in total. The van der Waals surface area contributed by atoms with E-state index < -0.39 is 0 Å². The fourth-order valence-electron chi connectivity index (χ4n) is 0.712. The minimum absolute atomic E-state index is 0.0114. The maximum Gasteiger partial charge on any atom is 0.149 e. The van der Waals surface area contributed by atoms with Crippen molar-refractivity contribution in [1.29, 1.82) is 0 Å². The molecule has 0 aliphatic rings. The molecule has 3 nitrogen and oxygen atoms in total. The summed E-state index contributed by atoms with van der Waals surface area (Å²) in [5, 5.41) is 0. The Labute approximate surface area is 67.0 Å². The Morgan fingerprint density at radius 2 is 1.91 bits per heavy atom. The van der Waals surface area contributed by atoms with Crippen LogP contribution in [0.15, 0.2) is 0 Å². The molecule has 0 spiro atoms. The Morgan fingerprint density at radius 1 is 1.36 bits per heavy atom. The minimum atomic E-state index is -0.380. The van der Waals surface area contributed by atoms with E-state index in [9.17, 15) is 9.59 Å². The van der Waals surface area contributed by atoms with Gasteiger partial charge in [-0.3, -0.25) is 4.79 Å². The van der Waals surface area contributed by atoms with Gasteiger partial charge in [0.05, 0.1) is 6.04 Å². The van der Waals surface area contributed by atoms with Crippen molar-refractivity contribution in [3.8, 4) is 0 Å². The third-order valence-corrected chi connectivity index (χ3v) is 1.58. The predicted octanol–water partition coefficient (Wildman–Crippen LogP) is 0.662.